The highest BCUT2D eigenvalue weighted by Crippen LogP contribution is 2.38. The molecule has 0 aromatic heterocycles. The van der Waals surface area contributed by atoms with Gasteiger partial charge in [0.2, 0.25) is 0 Å². The molecule has 1 fully saturated rings. The Hall–Kier alpha value is -1.82. The highest BCUT2D eigenvalue weighted by molar-refractivity contribution is 5.76. The average molecular weight is 308 g/mol. The quantitative estimate of drug-likeness (QED) is 0.774. The number of esters is 1. The van der Waals surface area contributed by atoms with Crippen LogP contribution in [0.2, 0.25) is 0 Å². The zero-order valence-corrected chi connectivity index (χ0v) is 13.0. The van der Waals surface area contributed by atoms with Crippen LogP contribution >= 0.6 is 0 Å². The SMILES string of the molecule is COC(=O)C1CCc2cc(F)cc(N3CCN(C)CC3)c2O1. The van der Waals surface area contributed by atoms with E-state index in [1.54, 1.807) is 0 Å². The van der Waals surface area contributed by atoms with E-state index in [9.17, 15) is 9.18 Å². The summed E-state index contributed by atoms with van der Waals surface area (Å²) in [5, 5.41) is 0. The molecule has 1 aromatic carbocycles. The lowest BCUT2D eigenvalue weighted by atomic mass is 10.00. The van der Waals surface area contributed by atoms with Crippen molar-refractivity contribution in [3.63, 3.8) is 0 Å². The molecule has 0 bridgehead atoms. The van der Waals surface area contributed by atoms with E-state index in [0.29, 0.717) is 18.6 Å². The number of carbonyl (C=O) groups is 1. The summed E-state index contributed by atoms with van der Waals surface area (Å²) in [6, 6.07) is 3.01. The summed E-state index contributed by atoms with van der Waals surface area (Å²) >= 11 is 0. The molecule has 2 aliphatic heterocycles. The van der Waals surface area contributed by atoms with Crippen LogP contribution in [-0.4, -0.2) is 57.3 Å². The largest absolute Gasteiger partial charge is 0.476 e. The van der Waals surface area contributed by atoms with Crippen LogP contribution in [0.25, 0.3) is 0 Å². The summed E-state index contributed by atoms with van der Waals surface area (Å²) in [4.78, 5) is 16.1. The number of ether oxygens (including phenoxy) is 2. The number of rotatable bonds is 2. The van der Waals surface area contributed by atoms with Crippen LogP contribution in [0.4, 0.5) is 10.1 Å². The smallest absolute Gasteiger partial charge is 0.347 e. The predicted octanol–water partition coefficient (Wildman–Crippen LogP) is 1.44. The van der Waals surface area contributed by atoms with Gasteiger partial charge in [-0.05, 0) is 31.5 Å². The van der Waals surface area contributed by atoms with Crippen LogP contribution in [0.3, 0.4) is 0 Å². The molecule has 22 heavy (non-hydrogen) atoms. The van der Waals surface area contributed by atoms with Crippen LogP contribution in [0.5, 0.6) is 5.75 Å². The summed E-state index contributed by atoms with van der Waals surface area (Å²) in [6.45, 7) is 3.48. The van der Waals surface area contributed by atoms with Crippen molar-refractivity contribution in [1.82, 2.24) is 4.90 Å². The van der Waals surface area contributed by atoms with Gasteiger partial charge in [0.15, 0.2) is 6.10 Å². The lowest BCUT2D eigenvalue weighted by Gasteiger charge is -2.36. The van der Waals surface area contributed by atoms with Crippen molar-refractivity contribution in [3.05, 3.63) is 23.5 Å². The van der Waals surface area contributed by atoms with Crippen LogP contribution in [-0.2, 0) is 16.0 Å². The zero-order valence-electron chi connectivity index (χ0n) is 13.0. The Labute approximate surface area is 129 Å². The van der Waals surface area contributed by atoms with Gasteiger partial charge in [-0.15, -0.1) is 0 Å². The topological polar surface area (TPSA) is 42.0 Å². The number of piperazine rings is 1. The van der Waals surface area contributed by atoms with E-state index in [0.717, 1.165) is 37.4 Å². The second-order valence-electron chi connectivity index (χ2n) is 5.87. The Kier molecular flexibility index (Phi) is 4.20. The molecular weight excluding hydrogens is 287 g/mol. The van der Waals surface area contributed by atoms with Crippen LogP contribution in [0.15, 0.2) is 12.1 Å². The standard InChI is InChI=1S/C16H21FN2O3/c1-18-5-7-19(8-6-18)13-10-12(17)9-11-3-4-14(16(20)21-2)22-15(11)13/h9-10,14H,3-8H2,1-2H3. The monoisotopic (exact) mass is 308 g/mol. The molecule has 0 aliphatic carbocycles. The van der Waals surface area contributed by atoms with E-state index >= 15 is 0 Å². The highest BCUT2D eigenvalue weighted by atomic mass is 19.1. The van der Waals surface area contributed by atoms with Crippen LogP contribution in [0.1, 0.15) is 12.0 Å². The third-order valence-electron chi connectivity index (χ3n) is 4.36. The first-order chi connectivity index (χ1) is 10.6. The molecule has 120 valence electrons. The van der Waals surface area contributed by atoms with Gasteiger partial charge in [-0.3, -0.25) is 0 Å². The minimum atomic E-state index is -0.603. The van der Waals surface area contributed by atoms with Gasteiger partial charge in [0.05, 0.1) is 12.8 Å². The molecule has 0 N–H and O–H groups in total. The molecule has 0 spiro atoms. The third-order valence-corrected chi connectivity index (χ3v) is 4.36. The zero-order chi connectivity index (χ0) is 15.7. The Morgan fingerprint density at radius 3 is 2.73 bits per heavy atom. The lowest BCUT2D eigenvalue weighted by Crippen LogP contribution is -2.45. The summed E-state index contributed by atoms with van der Waals surface area (Å²) in [6.07, 6.45) is 0.535. The fourth-order valence-electron chi connectivity index (χ4n) is 3.02. The van der Waals surface area contributed by atoms with Crippen molar-refractivity contribution in [1.29, 1.82) is 0 Å². The van der Waals surface area contributed by atoms with Crippen molar-refractivity contribution in [2.24, 2.45) is 0 Å². The molecule has 0 saturated carbocycles. The van der Waals surface area contributed by atoms with E-state index in [2.05, 4.69) is 16.8 Å². The Morgan fingerprint density at radius 1 is 1.32 bits per heavy atom. The first-order valence-corrected chi connectivity index (χ1v) is 7.59. The second-order valence-corrected chi connectivity index (χ2v) is 5.87. The fraction of sp³-hybridized carbons (Fsp3) is 0.562. The summed E-state index contributed by atoms with van der Waals surface area (Å²) < 4.78 is 24.5. The number of methoxy groups -OCH3 is 1. The normalized spacial score (nSPS) is 22.0. The van der Waals surface area contributed by atoms with Gasteiger partial charge < -0.3 is 19.3 Å². The number of likely N-dealkylation sites (N-methyl/N-ethyl adjacent to an activating group) is 1. The minimum Gasteiger partial charge on any atom is -0.476 e. The first-order valence-electron chi connectivity index (χ1n) is 7.59. The van der Waals surface area contributed by atoms with Crippen molar-refractivity contribution < 1.29 is 18.7 Å². The number of benzene rings is 1. The molecular formula is C16H21FN2O3. The van der Waals surface area contributed by atoms with E-state index in [4.69, 9.17) is 9.47 Å². The fourth-order valence-corrected chi connectivity index (χ4v) is 3.02. The number of anilines is 1. The van der Waals surface area contributed by atoms with Crippen molar-refractivity contribution in [2.45, 2.75) is 18.9 Å². The Bertz CT molecular complexity index is 571. The lowest BCUT2D eigenvalue weighted by molar-refractivity contribution is -0.149. The first kappa shape index (κ1) is 15.1. The van der Waals surface area contributed by atoms with E-state index < -0.39 is 6.10 Å². The summed E-state index contributed by atoms with van der Waals surface area (Å²) in [5.41, 5.74) is 1.57. The van der Waals surface area contributed by atoms with Gasteiger partial charge in [0.1, 0.15) is 11.6 Å². The Balaban J connectivity index is 1.90. The third kappa shape index (κ3) is 2.88. The number of halogens is 1. The van der Waals surface area contributed by atoms with Crippen molar-refractivity contribution >= 4 is 11.7 Å². The highest BCUT2D eigenvalue weighted by Gasteiger charge is 2.31. The molecule has 1 unspecified atom stereocenters. The number of aryl methyl sites for hydroxylation is 1. The molecule has 1 saturated heterocycles. The Morgan fingerprint density at radius 2 is 2.05 bits per heavy atom. The molecule has 2 heterocycles. The molecule has 0 amide bonds. The van der Waals surface area contributed by atoms with Gasteiger partial charge in [-0.1, -0.05) is 0 Å². The van der Waals surface area contributed by atoms with Crippen LogP contribution in [0, 0.1) is 5.82 Å². The van der Waals surface area contributed by atoms with Gasteiger partial charge >= 0.3 is 5.97 Å². The molecule has 1 atom stereocenters. The number of hydrogen-bond acceptors (Lipinski definition) is 5. The minimum absolute atomic E-state index is 0.257. The maximum absolute atomic E-state index is 13.9. The van der Waals surface area contributed by atoms with Gasteiger partial charge in [0, 0.05) is 32.2 Å². The molecule has 1 aromatic rings. The average Bonchev–Trinajstić information content (AvgIpc) is 2.53. The summed E-state index contributed by atoms with van der Waals surface area (Å²) in [5.74, 6) is -0.000276. The number of nitrogens with zero attached hydrogens (tertiary/aromatic N) is 2. The second kappa shape index (κ2) is 6.12. The van der Waals surface area contributed by atoms with Gasteiger partial charge in [-0.2, -0.15) is 0 Å². The van der Waals surface area contributed by atoms with Gasteiger partial charge in [0.25, 0.3) is 0 Å². The molecule has 6 heteroatoms. The maximum atomic E-state index is 13.9. The predicted molar refractivity (Wildman–Crippen MR) is 80.9 cm³/mol. The molecule has 5 nitrogen and oxygen atoms in total. The number of carbonyl (C=O) groups excluding carboxylic acids is 1. The van der Waals surface area contributed by atoms with Crippen molar-refractivity contribution in [2.75, 3.05) is 45.2 Å². The van der Waals surface area contributed by atoms with Crippen molar-refractivity contribution in [3.8, 4) is 5.75 Å². The van der Waals surface area contributed by atoms with E-state index in [1.807, 2.05) is 0 Å². The van der Waals surface area contributed by atoms with E-state index in [-0.39, 0.29) is 11.8 Å². The molecule has 2 aliphatic rings. The number of fused-ring (bicyclic) bond motifs is 1. The molecule has 0 radical (unpaired) electrons. The van der Waals surface area contributed by atoms with E-state index in [1.165, 1.54) is 19.2 Å². The number of hydrogen-bond donors (Lipinski definition) is 0. The van der Waals surface area contributed by atoms with Gasteiger partial charge in [-0.25, -0.2) is 9.18 Å². The summed E-state index contributed by atoms with van der Waals surface area (Å²) in [7, 11) is 3.43. The van der Waals surface area contributed by atoms with Crippen LogP contribution < -0.4 is 9.64 Å². The molecule has 3 rings (SSSR count). The maximum Gasteiger partial charge on any atom is 0.347 e.